The molecule has 4 bridgehead atoms. The van der Waals surface area contributed by atoms with Crippen LogP contribution in [-0.2, 0) is 10.8 Å². The van der Waals surface area contributed by atoms with E-state index in [0.29, 0.717) is 29.3 Å². The molecule has 6 heteroatoms. The lowest BCUT2D eigenvalue weighted by atomic mass is 9.43. The first-order valence-electron chi connectivity index (χ1n) is 25.3. The Hall–Kier alpha value is -7.83. The van der Waals surface area contributed by atoms with E-state index in [1.165, 1.54) is 87.4 Å². The number of hydrogen-bond donors (Lipinski definition) is 0. The Bertz CT molecular complexity index is 3840. The summed E-state index contributed by atoms with van der Waals surface area (Å²) in [6, 6.07) is 61.3. The molecule has 70 heavy (non-hydrogen) atoms. The van der Waals surface area contributed by atoms with E-state index in [1.54, 1.807) is 0 Å². The number of ether oxygens (including phenoxy) is 2. The summed E-state index contributed by atoms with van der Waals surface area (Å²) in [6.45, 7) is 4.66. The van der Waals surface area contributed by atoms with E-state index < -0.39 is 0 Å². The lowest BCUT2D eigenvalue weighted by Crippen LogP contribution is -2.55. The molecule has 2 aromatic heterocycles. The molecule has 7 aliphatic rings. The predicted octanol–water partition coefficient (Wildman–Crippen LogP) is 15.9. The molecule has 336 valence electrons. The number of para-hydroxylation sites is 4. The predicted molar refractivity (Wildman–Crippen MR) is 278 cm³/mol. The van der Waals surface area contributed by atoms with Crippen LogP contribution in [0, 0.1) is 23.7 Å². The van der Waals surface area contributed by atoms with E-state index >= 15 is 0 Å². The number of rotatable bonds is 4. The summed E-state index contributed by atoms with van der Waals surface area (Å²) >= 11 is 0. The Balaban J connectivity index is 0.894. The molecule has 3 heterocycles. The van der Waals surface area contributed by atoms with E-state index in [9.17, 15) is 0 Å². The van der Waals surface area contributed by atoms with E-state index in [1.807, 2.05) is 24.3 Å². The normalized spacial score (nSPS) is 22.3. The van der Waals surface area contributed by atoms with Crippen molar-refractivity contribution in [1.82, 2.24) is 19.5 Å². The van der Waals surface area contributed by atoms with Gasteiger partial charge in [0, 0.05) is 49.5 Å². The molecule has 8 aromatic carbocycles. The second kappa shape index (κ2) is 13.9. The second-order valence-corrected chi connectivity index (χ2v) is 21.6. The number of benzene rings is 8. The molecule has 10 aromatic rings. The topological polar surface area (TPSA) is 62.1 Å². The zero-order valence-corrected chi connectivity index (χ0v) is 39.1. The van der Waals surface area contributed by atoms with E-state index in [0.717, 1.165) is 68.2 Å². The van der Waals surface area contributed by atoms with Gasteiger partial charge in [-0.2, -0.15) is 0 Å². The van der Waals surface area contributed by atoms with Gasteiger partial charge in [-0.15, -0.1) is 0 Å². The zero-order chi connectivity index (χ0) is 46.0. The van der Waals surface area contributed by atoms with Crippen LogP contribution >= 0.6 is 0 Å². The summed E-state index contributed by atoms with van der Waals surface area (Å²) in [5.41, 5.74) is 16.4. The van der Waals surface area contributed by atoms with Gasteiger partial charge in [-0.1, -0.05) is 129 Å². The minimum atomic E-state index is -0.172. The Labute approximate surface area is 406 Å². The summed E-state index contributed by atoms with van der Waals surface area (Å²) in [5.74, 6) is 7.95. The fourth-order valence-corrected chi connectivity index (χ4v) is 15.0. The van der Waals surface area contributed by atoms with Crippen LogP contribution in [0.5, 0.6) is 23.0 Å². The number of fused-ring (bicyclic) bond motifs is 12. The van der Waals surface area contributed by atoms with Crippen LogP contribution in [0.15, 0.2) is 170 Å². The van der Waals surface area contributed by atoms with Crippen molar-refractivity contribution >= 4 is 21.8 Å². The Kier molecular flexibility index (Phi) is 7.76. The average Bonchev–Trinajstić information content (AvgIpc) is 3.98. The minimum absolute atomic E-state index is 0.144. The van der Waals surface area contributed by atoms with Crippen LogP contribution in [0.1, 0.15) is 68.2 Å². The molecular weight excluding hydrogens is 857 g/mol. The molecule has 1 aliphatic heterocycles. The third-order valence-corrected chi connectivity index (χ3v) is 17.7. The Morgan fingerprint density at radius 3 is 1.76 bits per heavy atom. The smallest absolute Gasteiger partial charge is 0.174 e. The highest BCUT2D eigenvalue weighted by molar-refractivity contribution is 6.09. The number of aromatic nitrogens is 4. The molecule has 0 radical (unpaired) electrons. The monoisotopic (exact) mass is 904 g/mol. The third kappa shape index (κ3) is 5.21. The summed E-state index contributed by atoms with van der Waals surface area (Å²) in [5, 5.41) is 2.46. The summed E-state index contributed by atoms with van der Waals surface area (Å²) in [7, 11) is 0. The molecule has 6 nitrogen and oxygen atoms in total. The summed E-state index contributed by atoms with van der Waals surface area (Å²) < 4.78 is 16.1. The van der Waals surface area contributed by atoms with Crippen molar-refractivity contribution in [3.8, 4) is 85.1 Å². The Morgan fingerprint density at radius 2 is 1.03 bits per heavy atom. The van der Waals surface area contributed by atoms with Crippen LogP contribution in [0.25, 0.3) is 83.9 Å². The molecule has 0 amide bonds. The maximum absolute atomic E-state index is 7.02. The van der Waals surface area contributed by atoms with Crippen molar-refractivity contribution in [3.05, 3.63) is 192 Å². The first-order valence-corrected chi connectivity index (χ1v) is 25.3. The standard InChI is InChI=1S/C64H48N4O2/c1-63(2)50-17-6-3-14-44(50)45-24-22-40(35-52(45)63)62-66-60(38-12-11-13-43(33-38)68-53-18-7-4-15-46(53)47-16-5-8-19-54(47)68)65-61(67-62)39-23-26-51-49(34-39)48-25-27-57-59(70-56-21-10-9-20-55(56)69-57)58(48)64(51)41-29-36-28-37(31-41)32-42(64)30-36/h3-27,33-37,41-42H,28-32H2,1-2H3. The molecule has 6 aliphatic carbocycles. The summed E-state index contributed by atoms with van der Waals surface area (Å²) in [6.07, 6.45) is 6.47. The van der Waals surface area contributed by atoms with Crippen molar-refractivity contribution in [2.45, 2.75) is 56.8 Å². The van der Waals surface area contributed by atoms with Crippen LogP contribution < -0.4 is 9.47 Å². The first kappa shape index (κ1) is 39.1. The second-order valence-electron chi connectivity index (χ2n) is 21.6. The minimum Gasteiger partial charge on any atom is -0.450 e. The first-order chi connectivity index (χ1) is 34.4. The highest BCUT2D eigenvalue weighted by Crippen LogP contribution is 2.72. The highest BCUT2D eigenvalue weighted by Gasteiger charge is 2.63. The van der Waals surface area contributed by atoms with Gasteiger partial charge < -0.3 is 14.0 Å². The van der Waals surface area contributed by atoms with Crippen LogP contribution in [0.2, 0.25) is 0 Å². The number of hydrogen-bond acceptors (Lipinski definition) is 5. The van der Waals surface area contributed by atoms with E-state index in [4.69, 9.17) is 24.4 Å². The van der Waals surface area contributed by atoms with Gasteiger partial charge in [0.1, 0.15) is 0 Å². The molecule has 0 saturated heterocycles. The largest absolute Gasteiger partial charge is 0.450 e. The maximum atomic E-state index is 7.02. The third-order valence-electron chi connectivity index (χ3n) is 17.7. The number of nitrogens with zero attached hydrogens (tertiary/aromatic N) is 4. The van der Waals surface area contributed by atoms with Crippen molar-refractivity contribution in [3.63, 3.8) is 0 Å². The summed E-state index contributed by atoms with van der Waals surface area (Å²) in [4.78, 5) is 16.3. The quantitative estimate of drug-likeness (QED) is 0.176. The molecule has 0 atom stereocenters. The molecule has 4 fully saturated rings. The molecular formula is C64H48N4O2. The average molecular weight is 905 g/mol. The SMILES string of the molecule is CC1(C)c2ccccc2-c2ccc(-c3nc(-c4cccc(-n5c6ccccc6c6ccccc65)c4)nc(-c4ccc5c(c4)-c4ccc6c(c4C54C5CC7CC(C5)CC4C7)Oc4ccccc4O6)n3)cc21. The molecule has 0 N–H and O–H groups in total. The lowest BCUT2D eigenvalue weighted by molar-refractivity contribution is -0.0407. The van der Waals surface area contributed by atoms with Gasteiger partial charge in [-0.05, 0) is 149 Å². The molecule has 4 saturated carbocycles. The maximum Gasteiger partial charge on any atom is 0.174 e. The van der Waals surface area contributed by atoms with Crippen molar-refractivity contribution in [2.24, 2.45) is 23.7 Å². The van der Waals surface area contributed by atoms with E-state index in [-0.39, 0.29) is 10.8 Å². The van der Waals surface area contributed by atoms with Gasteiger partial charge in [0.05, 0.1) is 11.0 Å². The van der Waals surface area contributed by atoms with Crippen molar-refractivity contribution < 1.29 is 9.47 Å². The van der Waals surface area contributed by atoms with Crippen molar-refractivity contribution in [1.29, 1.82) is 0 Å². The van der Waals surface area contributed by atoms with Crippen LogP contribution in [0.4, 0.5) is 0 Å². The fraction of sp³-hybridized carbons (Fsp3) is 0.203. The molecule has 1 spiro atoms. The van der Waals surface area contributed by atoms with Crippen LogP contribution in [-0.4, -0.2) is 19.5 Å². The van der Waals surface area contributed by atoms with Gasteiger partial charge in [-0.25, -0.2) is 15.0 Å². The van der Waals surface area contributed by atoms with Crippen molar-refractivity contribution in [2.75, 3.05) is 0 Å². The van der Waals surface area contributed by atoms with Gasteiger partial charge in [0.25, 0.3) is 0 Å². The van der Waals surface area contributed by atoms with E-state index in [2.05, 4.69) is 164 Å². The highest BCUT2D eigenvalue weighted by atomic mass is 16.6. The fourth-order valence-electron chi connectivity index (χ4n) is 15.0. The molecule has 0 unspecified atom stereocenters. The lowest BCUT2D eigenvalue weighted by Gasteiger charge is -2.61. The zero-order valence-electron chi connectivity index (χ0n) is 39.1. The van der Waals surface area contributed by atoms with Gasteiger partial charge in [0.2, 0.25) is 0 Å². The Morgan fingerprint density at radius 1 is 0.443 bits per heavy atom. The van der Waals surface area contributed by atoms with Gasteiger partial charge >= 0.3 is 0 Å². The molecule has 17 rings (SSSR count). The van der Waals surface area contributed by atoms with Gasteiger partial charge in [0.15, 0.2) is 40.5 Å². The van der Waals surface area contributed by atoms with Gasteiger partial charge in [-0.3, -0.25) is 0 Å². The van der Waals surface area contributed by atoms with Crippen LogP contribution in [0.3, 0.4) is 0 Å².